The first-order valence-corrected chi connectivity index (χ1v) is 6.22. The number of rotatable bonds is 5. The lowest BCUT2D eigenvalue weighted by molar-refractivity contribution is 0.200. The fraction of sp³-hybridized carbons (Fsp3) is 0.500. The van der Waals surface area contributed by atoms with Gasteiger partial charge in [0.15, 0.2) is 5.84 Å². The van der Waals surface area contributed by atoms with E-state index < -0.39 is 0 Å². The van der Waals surface area contributed by atoms with Crippen LogP contribution in [0.25, 0.3) is 0 Å². The molecule has 0 aliphatic rings. The molecule has 18 heavy (non-hydrogen) atoms. The molecule has 1 atom stereocenters. The lowest BCUT2D eigenvalue weighted by Crippen LogP contribution is -2.32. The molecule has 1 rings (SSSR count). The third-order valence-corrected chi connectivity index (χ3v) is 3.42. The summed E-state index contributed by atoms with van der Waals surface area (Å²) in [6.07, 6.45) is 0. The number of amidine groups is 1. The van der Waals surface area contributed by atoms with Gasteiger partial charge in [-0.25, -0.2) is 0 Å². The van der Waals surface area contributed by atoms with Crippen LogP contribution >= 0.6 is 0 Å². The number of benzene rings is 1. The van der Waals surface area contributed by atoms with Crippen molar-refractivity contribution in [3.8, 4) is 0 Å². The van der Waals surface area contributed by atoms with Gasteiger partial charge < -0.3 is 10.9 Å². The molecule has 0 spiro atoms. The number of nitrogens with two attached hydrogens (primary N) is 1. The highest BCUT2D eigenvalue weighted by Gasteiger charge is 2.13. The van der Waals surface area contributed by atoms with Crippen LogP contribution in [-0.4, -0.2) is 29.0 Å². The van der Waals surface area contributed by atoms with Gasteiger partial charge in [0, 0.05) is 18.2 Å². The average molecular weight is 249 g/mol. The molecule has 4 nitrogen and oxygen atoms in total. The van der Waals surface area contributed by atoms with E-state index in [1.54, 1.807) is 0 Å². The summed E-state index contributed by atoms with van der Waals surface area (Å²) in [5.74, 6) is 0.763. The Bertz CT molecular complexity index is 415. The van der Waals surface area contributed by atoms with Crippen molar-refractivity contribution in [1.29, 1.82) is 0 Å². The van der Waals surface area contributed by atoms with Crippen LogP contribution in [0.15, 0.2) is 29.4 Å². The van der Waals surface area contributed by atoms with Crippen LogP contribution in [-0.2, 0) is 6.54 Å². The Labute approximate surface area is 109 Å². The summed E-state index contributed by atoms with van der Waals surface area (Å²) in [7, 11) is 2.11. The molecule has 0 bridgehead atoms. The van der Waals surface area contributed by atoms with Crippen molar-refractivity contribution >= 4 is 5.84 Å². The zero-order valence-corrected chi connectivity index (χ0v) is 11.6. The molecule has 0 radical (unpaired) electrons. The third kappa shape index (κ3) is 3.74. The van der Waals surface area contributed by atoms with Crippen LogP contribution in [0, 0.1) is 5.92 Å². The predicted octanol–water partition coefficient (Wildman–Crippen LogP) is 2.26. The molecule has 1 aromatic carbocycles. The van der Waals surface area contributed by atoms with Crippen LogP contribution in [0.5, 0.6) is 0 Å². The minimum absolute atomic E-state index is 0.149. The van der Waals surface area contributed by atoms with E-state index in [1.165, 1.54) is 0 Å². The minimum Gasteiger partial charge on any atom is -0.409 e. The van der Waals surface area contributed by atoms with Crippen LogP contribution < -0.4 is 5.73 Å². The topological polar surface area (TPSA) is 61.8 Å². The lowest BCUT2D eigenvalue weighted by Gasteiger charge is -2.27. The summed E-state index contributed by atoms with van der Waals surface area (Å²) in [4.78, 5) is 2.30. The van der Waals surface area contributed by atoms with Crippen LogP contribution in [0.4, 0.5) is 0 Å². The molecule has 1 unspecified atom stereocenters. The molecule has 3 N–H and O–H groups in total. The molecular formula is C14H23N3O. The summed E-state index contributed by atoms with van der Waals surface area (Å²) in [5.41, 5.74) is 7.50. The van der Waals surface area contributed by atoms with Gasteiger partial charge in [0.2, 0.25) is 0 Å². The summed E-state index contributed by atoms with van der Waals surface area (Å²) in [5, 5.41) is 11.7. The van der Waals surface area contributed by atoms with Crippen LogP contribution in [0.2, 0.25) is 0 Å². The van der Waals surface area contributed by atoms with Crippen molar-refractivity contribution in [1.82, 2.24) is 4.90 Å². The van der Waals surface area contributed by atoms with Gasteiger partial charge in [0.1, 0.15) is 0 Å². The smallest absolute Gasteiger partial charge is 0.170 e. The molecule has 0 aliphatic heterocycles. The van der Waals surface area contributed by atoms with Gasteiger partial charge in [-0.3, -0.25) is 4.90 Å². The van der Waals surface area contributed by atoms with Gasteiger partial charge in [0.25, 0.3) is 0 Å². The Morgan fingerprint density at radius 3 is 2.61 bits per heavy atom. The summed E-state index contributed by atoms with van der Waals surface area (Å²) >= 11 is 0. The van der Waals surface area contributed by atoms with E-state index in [4.69, 9.17) is 10.9 Å². The first kappa shape index (κ1) is 14.5. The zero-order chi connectivity index (χ0) is 13.7. The Morgan fingerprint density at radius 1 is 1.39 bits per heavy atom. The molecule has 4 heteroatoms. The maximum absolute atomic E-state index is 8.67. The summed E-state index contributed by atoms with van der Waals surface area (Å²) in [6.45, 7) is 7.51. The van der Waals surface area contributed by atoms with E-state index in [0.717, 1.165) is 17.7 Å². The fourth-order valence-electron chi connectivity index (χ4n) is 1.83. The van der Waals surface area contributed by atoms with E-state index in [-0.39, 0.29) is 5.84 Å². The minimum atomic E-state index is 0.149. The largest absolute Gasteiger partial charge is 0.409 e. The van der Waals surface area contributed by atoms with Crippen molar-refractivity contribution in [2.24, 2.45) is 16.8 Å². The first-order chi connectivity index (χ1) is 8.45. The Kier molecular flexibility index (Phi) is 5.16. The highest BCUT2D eigenvalue weighted by atomic mass is 16.4. The monoisotopic (exact) mass is 249 g/mol. The highest BCUT2D eigenvalue weighted by Crippen LogP contribution is 2.13. The number of nitrogens with zero attached hydrogens (tertiary/aromatic N) is 2. The van der Waals surface area contributed by atoms with Gasteiger partial charge in [-0.05, 0) is 31.5 Å². The molecule has 0 aromatic heterocycles. The van der Waals surface area contributed by atoms with Crippen molar-refractivity contribution in [3.05, 3.63) is 35.4 Å². The summed E-state index contributed by atoms with van der Waals surface area (Å²) in [6, 6.07) is 8.29. The Balaban J connectivity index is 2.79. The third-order valence-electron chi connectivity index (χ3n) is 3.42. The van der Waals surface area contributed by atoms with Crippen molar-refractivity contribution < 1.29 is 5.21 Å². The second kappa shape index (κ2) is 6.40. The van der Waals surface area contributed by atoms with Crippen LogP contribution in [0.1, 0.15) is 31.9 Å². The average Bonchev–Trinajstić information content (AvgIpc) is 2.36. The maximum atomic E-state index is 8.67. The molecule has 100 valence electrons. The Morgan fingerprint density at radius 2 is 2.06 bits per heavy atom. The second-order valence-corrected chi connectivity index (χ2v) is 5.09. The van der Waals surface area contributed by atoms with Gasteiger partial charge >= 0.3 is 0 Å². The van der Waals surface area contributed by atoms with E-state index in [2.05, 4.69) is 43.9 Å². The van der Waals surface area contributed by atoms with Crippen molar-refractivity contribution in [3.63, 3.8) is 0 Å². The standard InChI is InChI=1S/C14H23N3O/c1-10(2)11(3)17(4)9-12-6-5-7-13(8-12)14(15)16-18/h5-8,10-11,18H,9H2,1-4H3,(H2,15,16). The van der Waals surface area contributed by atoms with Gasteiger partial charge in [0.05, 0.1) is 0 Å². The zero-order valence-electron chi connectivity index (χ0n) is 11.6. The van der Waals surface area contributed by atoms with E-state index in [9.17, 15) is 0 Å². The van der Waals surface area contributed by atoms with E-state index in [0.29, 0.717) is 12.0 Å². The van der Waals surface area contributed by atoms with E-state index in [1.807, 2.05) is 18.2 Å². The molecule has 0 saturated heterocycles. The quantitative estimate of drug-likeness (QED) is 0.364. The molecule has 0 heterocycles. The first-order valence-electron chi connectivity index (χ1n) is 6.22. The molecular weight excluding hydrogens is 226 g/mol. The Hall–Kier alpha value is -1.55. The summed E-state index contributed by atoms with van der Waals surface area (Å²) < 4.78 is 0. The molecule has 0 amide bonds. The lowest BCUT2D eigenvalue weighted by atomic mass is 10.0. The van der Waals surface area contributed by atoms with Crippen molar-refractivity contribution in [2.45, 2.75) is 33.4 Å². The van der Waals surface area contributed by atoms with Crippen molar-refractivity contribution in [2.75, 3.05) is 7.05 Å². The normalized spacial score (nSPS) is 14.2. The fourth-order valence-corrected chi connectivity index (χ4v) is 1.83. The highest BCUT2D eigenvalue weighted by molar-refractivity contribution is 5.97. The van der Waals surface area contributed by atoms with E-state index >= 15 is 0 Å². The molecule has 0 aliphatic carbocycles. The van der Waals surface area contributed by atoms with Gasteiger partial charge in [-0.15, -0.1) is 0 Å². The predicted molar refractivity (Wildman–Crippen MR) is 74.7 cm³/mol. The molecule has 0 fully saturated rings. The SMILES string of the molecule is CC(C)C(C)N(C)Cc1cccc(/C(N)=N/O)c1. The van der Waals surface area contributed by atoms with Gasteiger partial charge in [-0.2, -0.15) is 0 Å². The number of hydrogen-bond acceptors (Lipinski definition) is 3. The number of hydrogen-bond donors (Lipinski definition) is 2. The molecule has 0 saturated carbocycles. The number of oxime groups is 1. The second-order valence-electron chi connectivity index (χ2n) is 5.09. The van der Waals surface area contributed by atoms with Gasteiger partial charge in [-0.1, -0.05) is 37.2 Å². The molecule has 1 aromatic rings. The maximum Gasteiger partial charge on any atom is 0.170 e. The van der Waals surface area contributed by atoms with Crippen LogP contribution in [0.3, 0.4) is 0 Å².